The predicted octanol–water partition coefficient (Wildman–Crippen LogP) is 3.32. The fourth-order valence-electron chi connectivity index (χ4n) is 2.64. The first-order valence-electron chi connectivity index (χ1n) is 8.56. The van der Waals surface area contributed by atoms with Crippen molar-refractivity contribution in [2.75, 3.05) is 10.6 Å². The van der Waals surface area contributed by atoms with Crippen LogP contribution in [0.15, 0.2) is 36.4 Å². The van der Waals surface area contributed by atoms with Crippen molar-refractivity contribution in [3.8, 4) is 0 Å². The molecule has 2 heterocycles. The third kappa shape index (κ3) is 4.59. The highest BCUT2D eigenvalue weighted by atomic mass is 32.1. The average molecular weight is 383 g/mol. The molecule has 27 heavy (non-hydrogen) atoms. The molecular formula is C19H21N5O2S. The molecule has 0 saturated heterocycles. The molecule has 0 saturated carbocycles. The van der Waals surface area contributed by atoms with Crippen LogP contribution in [0.1, 0.15) is 33.0 Å². The molecule has 0 aliphatic rings. The lowest BCUT2D eigenvalue weighted by Gasteiger charge is -2.05. The molecule has 3 aromatic rings. The SMILES string of the molecule is Cc1nsc(C)c1NC(=O)c1cc(NC(=O)CCc2ccccc2)n(C)n1. The van der Waals surface area contributed by atoms with E-state index >= 15 is 0 Å². The van der Waals surface area contributed by atoms with Gasteiger partial charge in [-0.25, -0.2) is 0 Å². The number of anilines is 2. The number of nitrogens with zero attached hydrogens (tertiary/aromatic N) is 3. The van der Waals surface area contributed by atoms with Gasteiger partial charge < -0.3 is 10.6 Å². The van der Waals surface area contributed by atoms with E-state index in [-0.39, 0.29) is 17.5 Å². The van der Waals surface area contributed by atoms with Gasteiger partial charge in [-0.3, -0.25) is 14.3 Å². The summed E-state index contributed by atoms with van der Waals surface area (Å²) in [6, 6.07) is 11.4. The Balaban J connectivity index is 1.62. The van der Waals surface area contributed by atoms with Gasteiger partial charge >= 0.3 is 0 Å². The number of carbonyl (C=O) groups excluding carboxylic acids is 2. The van der Waals surface area contributed by atoms with Crippen molar-refractivity contribution in [2.24, 2.45) is 7.05 Å². The van der Waals surface area contributed by atoms with Crippen molar-refractivity contribution in [1.82, 2.24) is 14.2 Å². The zero-order valence-electron chi connectivity index (χ0n) is 15.4. The molecule has 0 aliphatic heterocycles. The second-order valence-corrected chi connectivity index (χ2v) is 7.20. The van der Waals surface area contributed by atoms with E-state index in [2.05, 4.69) is 20.1 Å². The largest absolute Gasteiger partial charge is 0.318 e. The summed E-state index contributed by atoms with van der Waals surface area (Å²) in [5, 5.41) is 9.84. The van der Waals surface area contributed by atoms with Crippen LogP contribution in [0.5, 0.6) is 0 Å². The summed E-state index contributed by atoms with van der Waals surface area (Å²) >= 11 is 1.34. The van der Waals surface area contributed by atoms with E-state index in [1.165, 1.54) is 16.2 Å². The summed E-state index contributed by atoms with van der Waals surface area (Å²) in [4.78, 5) is 25.6. The number of hydrogen-bond donors (Lipinski definition) is 2. The number of carbonyl (C=O) groups is 2. The predicted molar refractivity (Wildman–Crippen MR) is 106 cm³/mol. The van der Waals surface area contributed by atoms with Crippen LogP contribution < -0.4 is 10.6 Å². The first kappa shape index (κ1) is 18.8. The molecule has 0 atom stereocenters. The molecule has 8 heteroatoms. The Morgan fingerprint density at radius 1 is 1.15 bits per heavy atom. The molecule has 0 bridgehead atoms. The Kier molecular flexibility index (Phi) is 5.66. The van der Waals surface area contributed by atoms with E-state index in [1.807, 2.05) is 44.2 Å². The number of hydrogen-bond acceptors (Lipinski definition) is 5. The maximum Gasteiger partial charge on any atom is 0.276 e. The number of aryl methyl sites for hydroxylation is 4. The minimum atomic E-state index is -0.332. The molecule has 2 amide bonds. The van der Waals surface area contributed by atoms with Crippen molar-refractivity contribution in [3.63, 3.8) is 0 Å². The second-order valence-electron chi connectivity index (χ2n) is 6.23. The monoisotopic (exact) mass is 383 g/mol. The molecule has 0 unspecified atom stereocenters. The Morgan fingerprint density at radius 2 is 1.89 bits per heavy atom. The molecule has 0 spiro atoms. The van der Waals surface area contributed by atoms with E-state index < -0.39 is 0 Å². The van der Waals surface area contributed by atoms with Crippen LogP contribution in [0.3, 0.4) is 0 Å². The molecule has 0 aliphatic carbocycles. The van der Waals surface area contributed by atoms with Crippen LogP contribution in [0.2, 0.25) is 0 Å². The van der Waals surface area contributed by atoms with E-state index in [0.717, 1.165) is 16.1 Å². The molecule has 0 fully saturated rings. The minimum Gasteiger partial charge on any atom is -0.318 e. The van der Waals surface area contributed by atoms with Gasteiger partial charge in [-0.05, 0) is 37.4 Å². The highest BCUT2D eigenvalue weighted by molar-refractivity contribution is 7.06. The van der Waals surface area contributed by atoms with E-state index in [4.69, 9.17) is 0 Å². The molecular weight excluding hydrogens is 362 g/mol. The molecule has 1 aromatic carbocycles. The number of amides is 2. The van der Waals surface area contributed by atoms with Crippen molar-refractivity contribution in [3.05, 3.63) is 58.2 Å². The summed E-state index contributed by atoms with van der Waals surface area (Å²) < 4.78 is 5.70. The fourth-order valence-corrected chi connectivity index (χ4v) is 3.30. The zero-order valence-corrected chi connectivity index (χ0v) is 16.3. The topological polar surface area (TPSA) is 88.9 Å². The average Bonchev–Trinajstić information content (AvgIpc) is 3.18. The van der Waals surface area contributed by atoms with Gasteiger partial charge in [0.05, 0.1) is 11.4 Å². The van der Waals surface area contributed by atoms with Gasteiger partial charge in [0.2, 0.25) is 5.91 Å². The Hall–Kier alpha value is -3.00. The van der Waals surface area contributed by atoms with Gasteiger partial charge in [-0.2, -0.15) is 9.47 Å². The quantitative estimate of drug-likeness (QED) is 0.683. The lowest BCUT2D eigenvalue weighted by atomic mass is 10.1. The summed E-state index contributed by atoms with van der Waals surface area (Å²) in [7, 11) is 1.69. The van der Waals surface area contributed by atoms with Gasteiger partial charge in [0.25, 0.3) is 5.91 Å². The van der Waals surface area contributed by atoms with Gasteiger partial charge in [-0.15, -0.1) is 0 Å². The first-order chi connectivity index (χ1) is 12.9. The van der Waals surface area contributed by atoms with Crippen molar-refractivity contribution in [1.29, 1.82) is 0 Å². The van der Waals surface area contributed by atoms with Crippen LogP contribution >= 0.6 is 11.5 Å². The number of rotatable bonds is 6. The number of benzene rings is 1. The summed E-state index contributed by atoms with van der Waals surface area (Å²) in [5.41, 5.74) is 2.83. The molecule has 140 valence electrons. The second kappa shape index (κ2) is 8.13. The summed E-state index contributed by atoms with van der Waals surface area (Å²) in [6.07, 6.45) is 1.01. The van der Waals surface area contributed by atoms with E-state index in [1.54, 1.807) is 13.1 Å². The summed E-state index contributed by atoms with van der Waals surface area (Å²) in [6.45, 7) is 3.74. The molecule has 2 aromatic heterocycles. The van der Waals surface area contributed by atoms with E-state index in [9.17, 15) is 9.59 Å². The van der Waals surface area contributed by atoms with Crippen LogP contribution in [0.4, 0.5) is 11.5 Å². The Morgan fingerprint density at radius 3 is 2.56 bits per heavy atom. The van der Waals surface area contributed by atoms with Crippen molar-refractivity contribution >= 4 is 34.9 Å². The molecule has 2 N–H and O–H groups in total. The Labute approximate surface area is 161 Å². The highest BCUT2D eigenvalue weighted by Gasteiger charge is 2.17. The zero-order chi connectivity index (χ0) is 19.4. The highest BCUT2D eigenvalue weighted by Crippen LogP contribution is 2.23. The van der Waals surface area contributed by atoms with Gasteiger partial charge in [0.1, 0.15) is 5.82 Å². The Bertz CT molecular complexity index is 942. The number of aromatic nitrogens is 3. The fraction of sp³-hybridized carbons (Fsp3) is 0.263. The van der Waals surface area contributed by atoms with Crippen LogP contribution in [-0.2, 0) is 18.3 Å². The van der Waals surface area contributed by atoms with Crippen LogP contribution in [0.25, 0.3) is 0 Å². The van der Waals surface area contributed by atoms with E-state index in [0.29, 0.717) is 24.3 Å². The molecule has 7 nitrogen and oxygen atoms in total. The van der Waals surface area contributed by atoms with Crippen molar-refractivity contribution < 1.29 is 9.59 Å². The number of nitrogens with one attached hydrogen (secondary N) is 2. The summed E-state index contributed by atoms with van der Waals surface area (Å²) in [5.74, 6) is 0.0272. The van der Waals surface area contributed by atoms with Gasteiger partial charge in [0, 0.05) is 24.4 Å². The molecule has 0 radical (unpaired) electrons. The standard InChI is InChI=1S/C19H21N5O2S/c1-12-18(13(2)27-23-12)21-19(26)15-11-16(24(3)22-15)20-17(25)10-9-14-7-5-4-6-8-14/h4-8,11H,9-10H2,1-3H3,(H,20,25)(H,21,26). The van der Waals surface area contributed by atoms with Gasteiger partial charge in [-0.1, -0.05) is 30.3 Å². The lowest BCUT2D eigenvalue weighted by Crippen LogP contribution is -2.14. The first-order valence-corrected chi connectivity index (χ1v) is 9.33. The molecule has 3 rings (SSSR count). The minimum absolute atomic E-state index is 0.123. The van der Waals surface area contributed by atoms with Crippen LogP contribution in [0, 0.1) is 13.8 Å². The normalized spacial score (nSPS) is 10.6. The van der Waals surface area contributed by atoms with Crippen LogP contribution in [-0.4, -0.2) is 26.0 Å². The smallest absolute Gasteiger partial charge is 0.276 e. The maximum absolute atomic E-state index is 12.5. The lowest BCUT2D eigenvalue weighted by molar-refractivity contribution is -0.116. The third-order valence-corrected chi connectivity index (χ3v) is 4.98. The maximum atomic E-state index is 12.5. The van der Waals surface area contributed by atoms with Crippen molar-refractivity contribution in [2.45, 2.75) is 26.7 Å². The third-order valence-electron chi connectivity index (χ3n) is 4.14. The van der Waals surface area contributed by atoms with Gasteiger partial charge in [0.15, 0.2) is 5.69 Å².